The number of nitrogens with zero attached hydrogens (tertiary/aromatic N) is 1. The number of para-hydroxylation sites is 1. The summed E-state index contributed by atoms with van der Waals surface area (Å²) in [4.78, 5) is 28.4. The Hall–Kier alpha value is -3.44. The van der Waals surface area contributed by atoms with Crippen LogP contribution in [0.2, 0.25) is 0 Å². The van der Waals surface area contributed by atoms with Gasteiger partial charge in [-0.25, -0.2) is 0 Å². The Morgan fingerprint density at radius 2 is 1.65 bits per heavy atom. The molecular formula is C29H33N3O2. The van der Waals surface area contributed by atoms with Crippen LogP contribution in [0.4, 0.5) is 5.69 Å². The molecule has 2 amide bonds. The van der Waals surface area contributed by atoms with E-state index >= 15 is 0 Å². The molecule has 2 N–H and O–H groups in total. The standard InChI is InChI=1S/C29H33N3O2/c1-21-9-8-18-32(19-21)20-23-14-16-25(17-15-23)28(33)31-27-13-7-6-12-26(27)29(34)30-22(2)24-10-4-3-5-11-24/h3-7,10-17,21-22H,8-9,18-20H2,1-2H3,(H,30,34)(H,31,33). The Morgan fingerprint density at radius 3 is 2.38 bits per heavy atom. The molecule has 0 spiro atoms. The van der Waals surface area contributed by atoms with Crippen LogP contribution >= 0.6 is 0 Å². The van der Waals surface area contributed by atoms with Gasteiger partial charge in [-0.2, -0.15) is 0 Å². The molecule has 0 saturated carbocycles. The highest BCUT2D eigenvalue weighted by Crippen LogP contribution is 2.20. The molecule has 1 heterocycles. The lowest BCUT2D eigenvalue weighted by atomic mass is 9.99. The highest BCUT2D eigenvalue weighted by atomic mass is 16.2. The smallest absolute Gasteiger partial charge is 0.255 e. The molecule has 2 unspecified atom stereocenters. The minimum absolute atomic E-state index is 0.145. The molecule has 5 nitrogen and oxygen atoms in total. The highest BCUT2D eigenvalue weighted by molar-refractivity contribution is 6.09. The third-order valence-corrected chi connectivity index (χ3v) is 6.43. The number of nitrogens with one attached hydrogen (secondary N) is 2. The van der Waals surface area contributed by atoms with E-state index in [0.717, 1.165) is 31.1 Å². The van der Waals surface area contributed by atoms with Gasteiger partial charge >= 0.3 is 0 Å². The number of anilines is 1. The van der Waals surface area contributed by atoms with Gasteiger partial charge in [-0.05, 0) is 67.6 Å². The molecule has 5 heteroatoms. The average Bonchev–Trinajstić information content (AvgIpc) is 2.85. The van der Waals surface area contributed by atoms with Crippen molar-refractivity contribution in [1.82, 2.24) is 10.2 Å². The summed E-state index contributed by atoms with van der Waals surface area (Å²) >= 11 is 0. The molecule has 3 aromatic rings. The number of carbonyl (C=O) groups is 2. The van der Waals surface area contributed by atoms with Gasteiger partial charge in [-0.3, -0.25) is 14.5 Å². The lowest BCUT2D eigenvalue weighted by Crippen LogP contribution is -2.33. The van der Waals surface area contributed by atoms with Crippen molar-refractivity contribution in [2.45, 2.75) is 39.3 Å². The van der Waals surface area contributed by atoms with Crippen LogP contribution in [0.3, 0.4) is 0 Å². The van der Waals surface area contributed by atoms with Crippen LogP contribution in [0, 0.1) is 5.92 Å². The molecule has 176 valence electrons. The van der Waals surface area contributed by atoms with Crippen LogP contribution in [0.15, 0.2) is 78.9 Å². The summed E-state index contributed by atoms with van der Waals surface area (Å²) in [5, 5.41) is 5.94. The van der Waals surface area contributed by atoms with E-state index in [1.807, 2.05) is 67.6 Å². The summed E-state index contributed by atoms with van der Waals surface area (Å²) in [5.74, 6) is 0.291. The van der Waals surface area contributed by atoms with E-state index in [0.29, 0.717) is 16.8 Å². The minimum Gasteiger partial charge on any atom is -0.345 e. The van der Waals surface area contributed by atoms with Gasteiger partial charge in [0.1, 0.15) is 0 Å². The van der Waals surface area contributed by atoms with Crippen LogP contribution in [0.5, 0.6) is 0 Å². The molecule has 1 aliphatic rings. The number of piperidine rings is 1. The van der Waals surface area contributed by atoms with Crippen LogP contribution in [-0.4, -0.2) is 29.8 Å². The number of rotatable bonds is 7. The van der Waals surface area contributed by atoms with Crippen LogP contribution in [0.1, 0.15) is 64.6 Å². The number of amides is 2. The molecule has 2 atom stereocenters. The second-order valence-corrected chi connectivity index (χ2v) is 9.28. The maximum atomic E-state index is 13.0. The first-order valence-corrected chi connectivity index (χ1v) is 12.1. The molecule has 1 saturated heterocycles. The zero-order chi connectivity index (χ0) is 23.9. The summed E-state index contributed by atoms with van der Waals surface area (Å²) < 4.78 is 0. The zero-order valence-electron chi connectivity index (χ0n) is 20.0. The fraction of sp³-hybridized carbons (Fsp3) is 0.310. The normalized spacial score (nSPS) is 17.1. The number of hydrogen-bond acceptors (Lipinski definition) is 3. The first kappa shape index (κ1) is 23.7. The van der Waals surface area contributed by atoms with E-state index in [-0.39, 0.29) is 17.9 Å². The largest absolute Gasteiger partial charge is 0.345 e. The van der Waals surface area contributed by atoms with E-state index in [2.05, 4.69) is 22.5 Å². The minimum atomic E-state index is -0.227. The second kappa shape index (κ2) is 11.1. The van der Waals surface area contributed by atoms with Crippen molar-refractivity contribution in [1.29, 1.82) is 0 Å². The number of hydrogen-bond donors (Lipinski definition) is 2. The van der Waals surface area contributed by atoms with Crippen molar-refractivity contribution in [3.05, 3.63) is 101 Å². The third kappa shape index (κ3) is 6.12. The lowest BCUT2D eigenvalue weighted by Gasteiger charge is -2.30. The Morgan fingerprint density at radius 1 is 0.941 bits per heavy atom. The van der Waals surface area contributed by atoms with Crippen LogP contribution < -0.4 is 10.6 Å². The SMILES string of the molecule is CC1CCCN(Cc2ccc(C(=O)Nc3ccccc3C(=O)NC(C)c3ccccc3)cc2)C1. The van der Waals surface area contributed by atoms with Crippen LogP contribution in [0.25, 0.3) is 0 Å². The predicted molar refractivity (Wildman–Crippen MR) is 137 cm³/mol. The van der Waals surface area contributed by atoms with Crippen molar-refractivity contribution in [3.63, 3.8) is 0 Å². The first-order valence-electron chi connectivity index (χ1n) is 12.1. The van der Waals surface area contributed by atoms with Gasteiger partial charge in [0.05, 0.1) is 17.3 Å². The number of benzene rings is 3. The van der Waals surface area contributed by atoms with Gasteiger partial charge in [0.15, 0.2) is 0 Å². The molecule has 0 aliphatic carbocycles. The molecule has 1 aliphatic heterocycles. The average molecular weight is 456 g/mol. The fourth-order valence-electron chi connectivity index (χ4n) is 4.53. The maximum Gasteiger partial charge on any atom is 0.255 e. The second-order valence-electron chi connectivity index (χ2n) is 9.28. The molecule has 0 radical (unpaired) electrons. The molecular weight excluding hydrogens is 422 g/mol. The molecule has 0 bridgehead atoms. The van der Waals surface area contributed by atoms with Crippen molar-refractivity contribution >= 4 is 17.5 Å². The van der Waals surface area contributed by atoms with Gasteiger partial charge in [0.25, 0.3) is 11.8 Å². The quantitative estimate of drug-likeness (QED) is 0.483. The summed E-state index contributed by atoms with van der Waals surface area (Å²) in [6.45, 7) is 7.42. The maximum absolute atomic E-state index is 13.0. The van der Waals surface area contributed by atoms with E-state index in [1.165, 1.54) is 18.4 Å². The van der Waals surface area contributed by atoms with Gasteiger partial charge in [0.2, 0.25) is 0 Å². The number of carbonyl (C=O) groups excluding carboxylic acids is 2. The molecule has 4 rings (SSSR count). The van der Waals surface area contributed by atoms with Crippen LogP contribution in [-0.2, 0) is 6.54 Å². The lowest BCUT2D eigenvalue weighted by molar-refractivity contribution is 0.0940. The predicted octanol–water partition coefficient (Wildman–Crippen LogP) is 5.66. The summed E-state index contributed by atoms with van der Waals surface area (Å²) in [7, 11) is 0. The van der Waals surface area contributed by atoms with Gasteiger partial charge in [-0.1, -0.05) is 61.5 Å². The van der Waals surface area contributed by atoms with Crippen molar-refractivity contribution in [2.24, 2.45) is 5.92 Å². The van der Waals surface area contributed by atoms with Gasteiger partial charge < -0.3 is 10.6 Å². The van der Waals surface area contributed by atoms with Crippen molar-refractivity contribution in [3.8, 4) is 0 Å². The topological polar surface area (TPSA) is 61.4 Å². The third-order valence-electron chi connectivity index (χ3n) is 6.43. The van der Waals surface area contributed by atoms with Gasteiger partial charge in [-0.15, -0.1) is 0 Å². The molecule has 0 aromatic heterocycles. The molecule has 3 aromatic carbocycles. The fourth-order valence-corrected chi connectivity index (χ4v) is 4.53. The van der Waals surface area contributed by atoms with Crippen molar-refractivity contribution < 1.29 is 9.59 Å². The van der Waals surface area contributed by atoms with Gasteiger partial charge in [0, 0.05) is 18.7 Å². The Kier molecular flexibility index (Phi) is 7.76. The molecule has 34 heavy (non-hydrogen) atoms. The Labute approximate surface area is 202 Å². The zero-order valence-corrected chi connectivity index (χ0v) is 20.0. The number of likely N-dealkylation sites (tertiary alicyclic amines) is 1. The summed E-state index contributed by atoms with van der Waals surface area (Å²) in [5.41, 5.74) is 3.74. The Balaban J connectivity index is 1.40. The first-order chi connectivity index (χ1) is 16.5. The summed E-state index contributed by atoms with van der Waals surface area (Å²) in [6.07, 6.45) is 2.55. The summed E-state index contributed by atoms with van der Waals surface area (Å²) in [6, 6.07) is 24.5. The van der Waals surface area contributed by atoms with E-state index < -0.39 is 0 Å². The van der Waals surface area contributed by atoms with E-state index in [9.17, 15) is 9.59 Å². The highest BCUT2D eigenvalue weighted by Gasteiger charge is 2.18. The molecule has 1 fully saturated rings. The van der Waals surface area contributed by atoms with Crippen molar-refractivity contribution in [2.75, 3.05) is 18.4 Å². The van der Waals surface area contributed by atoms with E-state index in [1.54, 1.807) is 18.2 Å². The monoisotopic (exact) mass is 455 g/mol. The van der Waals surface area contributed by atoms with E-state index in [4.69, 9.17) is 0 Å². The Bertz CT molecular complexity index is 1110.